The quantitative estimate of drug-likeness (QED) is 0.580. The van der Waals surface area contributed by atoms with Crippen LogP contribution in [0.15, 0.2) is 53.7 Å². The van der Waals surface area contributed by atoms with Crippen molar-refractivity contribution in [1.29, 1.82) is 0 Å². The summed E-state index contributed by atoms with van der Waals surface area (Å²) in [5, 5.41) is 6.63. The van der Waals surface area contributed by atoms with Crippen LogP contribution in [-0.2, 0) is 24.4 Å². The fourth-order valence-electron chi connectivity index (χ4n) is 3.03. The first-order valence-corrected chi connectivity index (χ1v) is 9.63. The second-order valence-corrected chi connectivity index (χ2v) is 6.58. The Labute approximate surface area is 161 Å². The summed E-state index contributed by atoms with van der Waals surface area (Å²) in [4.78, 5) is 11.5. The molecule has 6 nitrogen and oxygen atoms in total. The SMILES string of the molecule is CCNC(=NCc1cccc(CN2CCOCC2)c1)NCc1ccccn1. The molecule has 1 aromatic carbocycles. The first kappa shape index (κ1) is 19.3. The Morgan fingerprint density at radius 3 is 2.74 bits per heavy atom. The van der Waals surface area contributed by atoms with E-state index < -0.39 is 0 Å². The highest BCUT2D eigenvalue weighted by atomic mass is 16.5. The molecule has 0 amide bonds. The first-order chi connectivity index (χ1) is 13.3. The number of aliphatic imine (C=N–C) groups is 1. The molecule has 0 radical (unpaired) electrons. The third kappa shape index (κ3) is 6.66. The van der Waals surface area contributed by atoms with E-state index in [9.17, 15) is 0 Å². The van der Waals surface area contributed by atoms with Gasteiger partial charge in [-0.3, -0.25) is 9.88 Å². The Morgan fingerprint density at radius 1 is 1.11 bits per heavy atom. The number of nitrogens with one attached hydrogen (secondary N) is 2. The third-order valence-electron chi connectivity index (χ3n) is 4.43. The minimum atomic E-state index is 0.647. The van der Waals surface area contributed by atoms with Gasteiger partial charge in [-0.2, -0.15) is 0 Å². The van der Waals surface area contributed by atoms with Crippen LogP contribution in [0.4, 0.5) is 0 Å². The number of morpholine rings is 1. The van der Waals surface area contributed by atoms with Crippen LogP contribution in [0, 0.1) is 0 Å². The van der Waals surface area contributed by atoms with E-state index in [-0.39, 0.29) is 0 Å². The predicted octanol–water partition coefficient (Wildman–Crippen LogP) is 2.17. The number of rotatable bonds is 7. The average Bonchev–Trinajstić information content (AvgIpc) is 2.72. The molecule has 2 N–H and O–H groups in total. The molecule has 2 aromatic rings. The average molecular weight is 367 g/mol. The minimum absolute atomic E-state index is 0.647. The van der Waals surface area contributed by atoms with Crippen LogP contribution in [0.2, 0.25) is 0 Å². The van der Waals surface area contributed by atoms with Crippen LogP contribution in [0.5, 0.6) is 0 Å². The summed E-state index contributed by atoms with van der Waals surface area (Å²) >= 11 is 0. The van der Waals surface area contributed by atoms with Crippen molar-refractivity contribution in [1.82, 2.24) is 20.5 Å². The molecule has 1 aliphatic rings. The standard InChI is InChI=1S/C21H29N5O/c1-2-22-21(25-16-20-8-3-4-9-23-20)24-15-18-6-5-7-19(14-18)17-26-10-12-27-13-11-26/h3-9,14H,2,10-13,15-17H2,1H3,(H2,22,24,25). The van der Waals surface area contributed by atoms with Gasteiger partial charge in [-0.15, -0.1) is 0 Å². The number of benzene rings is 1. The maximum atomic E-state index is 5.43. The summed E-state index contributed by atoms with van der Waals surface area (Å²) in [6.07, 6.45) is 1.81. The lowest BCUT2D eigenvalue weighted by Gasteiger charge is -2.26. The smallest absolute Gasteiger partial charge is 0.191 e. The van der Waals surface area contributed by atoms with Crippen molar-refractivity contribution in [2.24, 2.45) is 4.99 Å². The van der Waals surface area contributed by atoms with Crippen molar-refractivity contribution in [3.63, 3.8) is 0 Å². The van der Waals surface area contributed by atoms with E-state index in [1.54, 1.807) is 6.20 Å². The Hall–Kier alpha value is -2.44. The zero-order chi connectivity index (χ0) is 18.7. The lowest BCUT2D eigenvalue weighted by Crippen LogP contribution is -2.37. The Kier molecular flexibility index (Phi) is 7.62. The molecular weight excluding hydrogens is 338 g/mol. The van der Waals surface area contributed by atoms with E-state index in [1.165, 1.54) is 11.1 Å². The highest BCUT2D eigenvalue weighted by molar-refractivity contribution is 5.79. The largest absolute Gasteiger partial charge is 0.379 e. The fourth-order valence-corrected chi connectivity index (χ4v) is 3.03. The number of aromatic nitrogens is 1. The summed E-state index contributed by atoms with van der Waals surface area (Å²) in [5.74, 6) is 0.807. The van der Waals surface area contributed by atoms with Crippen LogP contribution in [0.1, 0.15) is 23.7 Å². The number of hydrogen-bond acceptors (Lipinski definition) is 4. The van der Waals surface area contributed by atoms with Crippen molar-refractivity contribution >= 4 is 5.96 Å². The second kappa shape index (κ2) is 10.6. The van der Waals surface area contributed by atoms with Gasteiger partial charge in [-0.05, 0) is 30.2 Å². The van der Waals surface area contributed by atoms with Gasteiger partial charge in [0.05, 0.1) is 32.0 Å². The number of nitrogens with zero attached hydrogens (tertiary/aromatic N) is 3. The summed E-state index contributed by atoms with van der Waals surface area (Å²) in [6.45, 7) is 8.84. The molecule has 0 spiro atoms. The van der Waals surface area contributed by atoms with Crippen molar-refractivity contribution in [3.8, 4) is 0 Å². The molecule has 0 aliphatic carbocycles. The second-order valence-electron chi connectivity index (χ2n) is 6.58. The van der Waals surface area contributed by atoms with Crippen molar-refractivity contribution < 1.29 is 4.74 Å². The van der Waals surface area contributed by atoms with Gasteiger partial charge in [-0.1, -0.05) is 30.3 Å². The van der Waals surface area contributed by atoms with Gasteiger partial charge in [0, 0.05) is 32.4 Å². The summed E-state index contributed by atoms with van der Waals surface area (Å²) in [5.41, 5.74) is 3.54. The van der Waals surface area contributed by atoms with Crippen LogP contribution in [-0.4, -0.2) is 48.7 Å². The molecule has 1 saturated heterocycles. The molecule has 27 heavy (non-hydrogen) atoms. The molecule has 0 unspecified atom stereocenters. The zero-order valence-electron chi connectivity index (χ0n) is 16.0. The maximum absolute atomic E-state index is 5.43. The number of guanidine groups is 1. The van der Waals surface area contributed by atoms with Gasteiger partial charge >= 0.3 is 0 Å². The summed E-state index contributed by atoms with van der Waals surface area (Å²) in [7, 11) is 0. The monoisotopic (exact) mass is 367 g/mol. The summed E-state index contributed by atoms with van der Waals surface area (Å²) in [6, 6.07) is 14.6. The van der Waals surface area contributed by atoms with Gasteiger partial charge < -0.3 is 15.4 Å². The first-order valence-electron chi connectivity index (χ1n) is 9.63. The van der Waals surface area contributed by atoms with Gasteiger partial charge in [-0.25, -0.2) is 4.99 Å². The molecule has 3 rings (SSSR count). The highest BCUT2D eigenvalue weighted by Gasteiger charge is 2.10. The van der Waals surface area contributed by atoms with Crippen LogP contribution in [0.25, 0.3) is 0 Å². The number of pyridine rings is 1. The van der Waals surface area contributed by atoms with Gasteiger partial charge in [0.25, 0.3) is 0 Å². The van der Waals surface area contributed by atoms with Gasteiger partial charge in [0.1, 0.15) is 0 Å². The molecule has 2 heterocycles. The number of ether oxygens (including phenoxy) is 1. The molecule has 1 aromatic heterocycles. The minimum Gasteiger partial charge on any atom is -0.379 e. The fraction of sp³-hybridized carbons (Fsp3) is 0.429. The van der Waals surface area contributed by atoms with Crippen molar-refractivity contribution in [3.05, 3.63) is 65.5 Å². The molecule has 144 valence electrons. The molecule has 6 heteroatoms. The highest BCUT2D eigenvalue weighted by Crippen LogP contribution is 2.11. The van der Waals surface area contributed by atoms with Crippen LogP contribution < -0.4 is 10.6 Å². The Balaban J connectivity index is 1.57. The van der Waals surface area contributed by atoms with Crippen LogP contribution >= 0.6 is 0 Å². The van der Waals surface area contributed by atoms with E-state index in [4.69, 9.17) is 9.73 Å². The van der Waals surface area contributed by atoms with Crippen LogP contribution in [0.3, 0.4) is 0 Å². The van der Waals surface area contributed by atoms with E-state index in [0.717, 1.165) is 51.0 Å². The number of hydrogen-bond donors (Lipinski definition) is 2. The van der Waals surface area contributed by atoms with E-state index in [1.807, 2.05) is 18.2 Å². The lowest BCUT2D eigenvalue weighted by molar-refractivity contribution is 0.0342. The molecule has 0 atom stereocenters. The van der Waals surface area contributed by atoms with Gasteiger partial charge in [0.15, 0.2) is 5.96 Å². The van der Waals surface area contributed by atoms with Gasteiger partial charge in [0.2, 0.25) is 0 Å². The van der Waals surface area contributed by atoms with E-state index in [2.05, 4.69) is 51.7 Å². The van der Waals surface area contributed by atoms with E-state index in [0.29, 0.717) is 13.1 Å². The maximum Gasteiger partial charge on any atom is 0.191 e. The van der Waals surface area contributed by atoms with Crippen molar-refractivity contribution in [2.45, 2.75) is 26.6 Å². The third-order valence-corrected chi connectivity index (χ3v) is 4.43. The Bertz CT molecular complexity index is 714. The van der Waals surface area contributed by atoms with E-state index >= 15 is 0 Å². The lowest BCUT2D eigenvalue weighted by atomic mass is 10.1. The summed E-state index contributed by atoms with van der Waals surface area (Å²) < 4.78 is 5.43. The molecule has 1 fully saturated rings. The predicted molar refractivity (Wildman–Crippen MR) is 108 cm³/mol. The molecule has 0 bridgehead atoms. The zero-order valence-corrected chi connectivity index (χ0v) is 16.0. The Morgan fingerprint density at radius 2 is 1.96 bits per heavy atom. The topological polar surface area (TPSA) is 61.8 Å². The van der Waals surface area contributed by atoms with Crippen molar-refractivity contribution in [2.75, 3.05) is 32.8 Å². The molecular formula is C21H29N5O. The normalized spacial score (nSPS) is 15.5. The molecule has 1 aliphatic heterocycles. The molecule has 0 saturated carbocycles.